The number of unbranched alkanes of at least 4 members (excludes halogenated alkanes) is 1. The summed E-state index contributed by atoms with van der Waals surface area (Å²) in [5.74, 6) is -0.452. The Hall–Kier alpha value is -2.94. The standard InChI is InChI=1S/C20H26N4O4S/c1-3-4-11-28-20(27)24-23-18(26)12-16-7-5-15(6-8-16)9-10-17-13-29-19(22-17)21-14(2)25/h5-8,13H,3-4,9-12H2,1-2H3,(H,23,26)(H,24,27)(H,21,22,25). The van der Waals surface area contributed by atoms with Crippen LogP contribution in [-0.4, -0.2) is 29.5 Å². The van der Waals surface area contributed by atoms with Crippen molar-refractivity contribution in [2.24, 2.45) is 0 Å². The van der Waals surface area contributed by atoms with E-state index in [0.717, 1.165) is 42.5 Å². The van der Waals surface area contributed by atoms with Crippen LogP contribution in [0.5, 0.6) is 0 Å². The quantitative estimate of drug-likeness (QED) is 0.428. The highest BCUT2D eigenvalue weighted by Gasteiger charge is 2.07. The molecule has 1 aromatic heterocycles. The van der Waals surface area contributed by atoms with Crippen LogP contribution in [0.25, 0.3) is 0 Å². The molecule has 2 rings (SSSR count). The van der Waals surface area contributed by atoms with E-state index in [9.17, 15) is 14.4 Å². The minimum absolute atomic E-state index is 0.130. The number of hydrogen-bond donors (Lipinski definition) is 3. The van der Waals surface area contributed by atoms with Crippen LogP contribution in [0.4, 0.5) is 9.93 Å². The molecule has 0 aliphatic carbocycles. The number of aromatic nitrogens is 1. The molecule has 2 aromatic rings. The molecule has 3 amide bonds. The van der Waals surface area contributed by atoms with E-state index < -0.39 is 6.09 Å². The number of anilines is 1. The maximum Gasteiger partial charge on any atom is 0.426 e. The lowest BCUT2D eigenvalue weighted by Crippen LogP contribution is -2.42. The van der Waals surface area contributed by atoms with Gasteiger partial charge in [-0.15, -0.1) is 11.3 Å². The van der Waals surface area contributed by atoms with Crippen LogP contribution in [0.3, 0.4) is 0 Å². The zero-order valence-corrected chi connectivity index (χ0v) is 17.4. The minimum atomic E-state index is -0.661. The van der Waals surface area contributed by atoms with Crippen LogP contribution >= 0.6 is 11.3 Å². The average molecular weight is 419 g/mol. The van der Waals surface area contributed by atoms with Crippen molar-refractivity contribution in [1.82, 2.24) is 15.8 Å². The number of rotatable bonds is 9. The van der Waals surface area contributed by atoms with E-state index in [0.29, 0.717) is 11.7 Å². The Kier molecular flexibility index (Phi) is 9.10. The molecule has 9 heteroatoms. The van der Waals surface area contributed by atoms with E-state index in [1.165, 1.54) is 18.3 Å². The van der Waals surface area contributed by atoms with Crippen LogP contribution in [0.2, 0.25) is 0 Å². The molecular formula is C20H26N4O4S. The number of carbonyl (C=O) groups excluding carboxylic acids is 3. The molecule has 0 aliphatic heterocycles. The Morgan fingerprint density at radius 2 is 1.79 bits per heavy atom. The summed E-state index contributed by atoms with van der Waals surface area (Å²) in [6.45, 7) is 3.78. The lowest BCUT2D eigenvalue weighted by atomic mass is 10.0. The second-order valence-corrected chi connectivity index (χ2v) is 7.34. The summed E-state index contributed by atoms with van der Waals surface area (Å²) in [6.07, 6.45) is 2.78. The Balaban J connectivity index is 1.72. The van der Waals surface area contributed by atoms with Gasteiger partial charge in [0, 0.05) is 12.3 Å². The van der Waals surface area contributed by atoms with Crippen molar-refractivity contribution in [3.63, 3.8) is 0 Å². The molecule has 0 bridgehead atoms. The number of hydrazine groups is 1. The smallest absolute Gasteiger partial charge is 0.426 e. The summed E-state index contributed by atoms with van der Waals surface area (Å²) in [6, 6.07) is 7.71. The highest BCUT2D eigenvalue weighted by Crippen LogP contribution is 2.17. The molecule has 29 heavy (non-hydrogen) atoms. The van der Waals surface area contributed by atoms with Gasteiger partial charge in [-0.05, 0) is 30.4 Å². The zero-order chi connectivity index (χ0) is 21.1. The summed E-state index contributed by atoms with van der Waals surface area (Å²) in [4.78, 5) is 38.7. The number of carbonyl (C=O) groups is 3. The second-order valence-electron chi connectivity index (χ2n) is 6.48. The van der Waals surface area contributed by atoms with Gasteiger partial charge in [0.25, 0.3) is 0 Å². The monoisotopic (exact) mass is 418 g/mol. The summed E-state index contributed by atoms with van der Waals surface area (Å²) < 4.78 is 4.89. The third-order valence-corrected chi connectivity index (χ3v) is 4.73. The third-order valence-electron chi connectivity index (χ3n) is 3.93. The number of ether oxygens (including phenoxy) is 1. The summed E-state index contributed by atoms with van der Waals surface area (Å²) >= 11 is 1.41. The predicted octanol–water partition coefficient (Wildman–Crippen LogP) is 2.99. The van der Waals surface area contributed by atoms with E-state index in [1.54, 1.807) is 0 Å². The summed E-state index contributed by atoms with van der Waals surface area (Å²) in [5.41, 5.74) is 7.46. The van der Waals surface area contributed by atoms with Gasteiger partial charge in [0.05, 0.1) is 18.7 Å². The van der Waals surface area contributed by atoms with Crippen LogP contribution < -0.4 is 16.2 Å². The molecular weight excluding hydrogens is 392 g/mol. The fraction of sp³-hybridized carbons (Fsp3) is 0.400. The minimum Gasteiger partial charge on any atom is -0.448 e. The van der Waals surface area contributed by atoms with Crippen molar-refractivity contribution < 1.29 is 19.1 Å². The van der Waals surface area contributed by atoms with E-state index in [1.807, 2.05) is 36.6 Å². The number of aryl methyl sites for hydroxylation is 2. The van der Waals surface area contributed by atoms with Gasteiger partial charge in [-0.25, -0.2) is 15.2 Å². The normalized spacial score (nSPS) is 10.3. The molecule has 0 atom stereocenters. The van der Waals surface area contributed by atoms with Crippen molar-refractivity contribution in [1.29, 1.82) is 0 Å². The first kappa shape index (κ1) is 22.4. The molecule has 1 aromatic carbocycles. The van der Waals surface area contributed by atoms with Gasteiger partial charge in [0.2, 0.25) is 11.8 Å². The molecule has 3 N–H and O–H groups in total. The van der Waals surface area contributed by atoms with Crippen molar-refractivity contribution >= 4 is 34.4 Å². The van der Waals surface area contributed by atoms with Crippen molar-refractivity contribution in [3.8, 4) is 0 Å². The lowest BCUT2D eigenvalue weighted by molar-refractivity contribution is -0.121. The first-order valence-corrected chi connectivity index (χ1v) is 10.4. The van der Waals surface area contributed by atoms with Gasteiger partial charge >= 0.3 is 6.09 Å². The van der Waals surface area contributed by atoms with Gasteiger partial charge in [0.1, 0.15) is 0 Å². The molecule has 0 unspecified atom stereocenters. The first-order valence-electron chi connectivity index (χ1n) is 9.47. The number of nitrogens with one attached hydrogen (secondary N) is 3. The van der Waals surface area contributed by atoms with Crippen molar-refractivity contribution in [3.05, 3.63) is 46.5 Å². The van der Waals surface area contributed by atoms with Crippen molar-refractivity contribution in [2.45, 2.75) is 46.0 Å². The molecule has 0 saturated carbocycles. The molecule has 0 aliphatic rings. The molecule has 1 heterocycles. The van der Waals surface area contributed by atoms with Gasteiger partial charge in [-0.1, -0.05) is 37.6 Å². The SMILES string of the molecule is CCCCOC(=O)NNC(=O)Cc1ccc(CCc2csc(NC(C)=O)n2)cc1. The molecule has 156 valence electrons. The number of amides is 3. The molecule has 0 saturated heterocycles. The van der Waals surface area contributed by atoms with Gasteiger partial charge in [0.15, 0.2) is 5.13 Å². The van der Waals surface area contributed by atoms with E-state index in [2.05, 4.69) is 21.2 Å². The predicted molar refractivity (Wildman–Crippen MR) is 112 cm³/mol. The highest BCUT2D eigenvalue weighted by atomic mass is 32.1. The first-order chi connectivity index (χ1) is 14.0. The Labute approximate surface area is 174 Å². The van der Waals surface area contributed by atoms with Crippen molar-refractivity contribution in [2.75, 3.05) is 11.9 Å². The lowest BCUT2D eigenvalue weighted by Gasteiger charge is -2.08. The molecule has 0 radical (unpaired) electrons. The number of nitrogens with zero attached hydrogens (tertiary/aromatic N) is 1. The fourth-order valence-corrected chi connectivity index (χ4v) is 3.21. The van der Waals surface area contributed by atoms with E-state index in [-0.39, 0.29) is 18.2 Å². The van der Waals surface area contributed by atoms with Gasteiger partial charge < -0.3 is 10.1 Å². The van der Waals surface area contributed by atoms with E-state index >= 15 is 0 Å². The Bertz CT molecular complexity index is 820. The highest BCUT2D eigenvalue weighted by molar-refractivity contribution is 7.13. The maximum absolute atomic E-state index is 11.9. The average Bonchev–Trinajstić information content (AvgIpc) is 3.12. The van der Waals surface area contributed by atoms with Gasteiger partial charge in [-0.3, -0.25) is 15.0 Å². The van der Waals surface area contributed by atoms with Gasteiger partial charge in [-0.2, -0.15) is 0 Å². The third kappa shape index (κ3) is 8.73. The fourth-order valence-electron chi connectivity index (χ4n) is 2.42. The molecule has 8 nitrogen and oxygen atoms in total. The largest absolute Gasteiger partial charge is 0.448 e. The number of benzene rings is 1. The second kappa shape index (κ2) is 11.8. The van der Waals surface area contributed by atoms with Crippen LogP contribution in [0.1, 0.15) is 43.5 Å². The maximum atomic E-state index is 11.9. The molecule has 0 fully saturated rings. The van der Waals surface area contributed by atoms with E-state index in [4.69, 9.17) is 4.74 Å². The summed E-state index contributed by atoms with van der Waals surface area (Å²) in [7, 11) is 0. The van der Waals surface area contributed by atoms with Crippen LogP contribution in [0.15, 0.2) is 29.6 Å². The Morgan fingerprint density at radius 3 is 2.48 bits per heavy atom. The summed E-state index contributed by atoms with van der Waals surface area (Å²) in [5, 5.41) is 5.22. The van der Waals surface area contributed by atoms with Crippen LogP contribution in [0, 0.1) is 0 Å². The number of thiazole rings is 1. The topological polar surface area (TPSA) is 109 Å². The number of hydrogen-bond acceptors (Lipinski definition) is 6. The van der Waals surface area contributed by atoms with Crippen LogP contribution in [-0.2, 0) is 33.6 Å². The Morgan fingerprint density at radius 1 is 1.07 bits per heavy atom. The molecule has 0 spiro atoms. The zero-order valence-electron chi connectivity index (χ0n) is 16.6.